The first-order valence-corrected chi connectivity index (χ1v) is 20.4. The first kappa shape index (κ1) is 50.2. The third-order valence-corrected chi connectivity index (χ3v) is 8.43. The zero-order valence-electron chi connectivity index (χ0n) is 34.8. The SMILES string of the molecule is CC(C)OCCOCCOCCOCCOCCOCCOCCOCCOCCOCCOCCOCCNc1cccc2c1C(=O)N(C1CCC(=O)NC1=O)C2=O. The van der Waals surface area contributed by atoms with Gasteiger partial charge in [0.25, 0.3) is 11.8 Å². The minimum atomic E-state index is -1.01. The molecule has 1 atom stereocenters. The van der Waals surface area contributed by atoms with Gasteiger partial charge in [-0.15, -0.1) is 0 Å². The molecule has 0 aromatic heterocycles. The Morgan fingerprint density at radius 2 is 0.949 bits per heavy atom. The fourth-order valence-corrected chi connectivity index (χ4v) is 5.56. The number of carbonyl (C=O) groups excluding carboxylic acids is 4. The smallest absolute Gasteiger partial charge is 0.264 e. The third kappa shape index (κ3) is 21.8. The largest absolute Gasteiger partial charge is 0.382 e. The molecule has 1 saturated heterocycles. The monoisotopic (exact) mass is 843 g/mol. The van der Waals surface area contributed by atoms with Gasteiger partial charge in [-0.3, -0.25) is 29.4 Å². The van der Waals surface area contributed by atoms with Crippen molar-refractivity contribution in [2.75, 3.05) is 164 Å². The van der Waals surface area contributed by atoms with Crippen LogP contribution in [-0.2, 0) is 66.4 Å². The van der Waals surface area contributed by atoms with Crippen LogP contribution in [-0.4, -0.2) is 199 Å². The predicted molar refractivity (Wildman–Crippen MR) is 212 cm³/mol. The van der Waals surface area contributed by atoms with Gasteiger partial charge in [-0.25, -0.2) is 0 Å². The number of nitrogens with zero attached hydrogens (tertiary/aromatic N) is 1. The fourth-order valence-electron chi connectivity index (χ4n) is 5.56. The maximum atomic E-state index is 13.2. The van der Waals surface area contributed by atoms with Crippen molar-refractivity contribution in [1.29, 1.82) is 0 Å². The number of carbonyl (C=O) groups is 4. The number of amides is 4. The van der Waals surface area contributed by atoms with Gasteiger partial charge in [-0.2, -0.15) is 0 Å². The summed E-state index contributed by atoms with van der Waals surface area (Å²) in [4.78, 5) is 50.9. The van der Waals surface area contributed by atoms with Crippen molar-refractivity contribution < 1.29 is 76.0 Å². The van der Waals surface area contributed by atoms with E-state index in [4.69, 9.17) is 56.8 Å². The molecular weight excluding hydrogens is 778 g/mol. The van der Waals surface area contributed by atoms with Crippen molar-refractivity contribution in [2.45, 2.75) is 38.8 Å². The Bertz CT molecular complexity index is 1320. The Morgan fingerprint density at radius 1 is 0.559 bits per heavy atom. The molecule has 0 spiro atoms. The molecule has 336 valence electrons. The second kappa shape index (κ2) is 32.6. The highest BCUT2D eigenvalue weighted by Crippen LogP contribution is 2.32. The van der Waals surface area contributed by atoms with Crippen LogP contribution in [0.15, 0.2) is 18.2 Å². The maximum absolute atomic E-state index is 13.2. The Morgan fingerprint density at radius 3 is 1.34 bits per heavy atom. The summed E-state index contributed by atoms with van der Waals surface area (Å²) >= 11 is 0. The highest BCUT2D eigenvalue weighted by Gasteiger charge is 2.45. The van der Waals surface area contributed by atoms with E-state index in [0.717, 1.165) is 4.90 Å². The Hall–Kier alpha value is -3.18. The average Bonchev–Trinajstić information content (AvgIpc) is 3.47. The normalized spacial score (nSPS) is 15.4. The van der Waals surface area contributed by atoms with Crippen molar-refractivity contribution in [3.05, 3.63) is 29.3 Å². The number of fused-ring (bicyclic) bond motifs is 1. The van der Waals surface area contributed by atoms with Gasteiger partial charge in [0.15, 0.2) is 0 Å². The fraction of sp³-hybridized carbons (Fsp3) is 0.750. The summed E-state index contributed by atoms with van der Waals surface area (Å²) in [6.45, 7) is 15.3. The molecule has 0 bridgehead atoms. The van der Waals surface area contributed by atoms with Crippen molar-refractivity contribution in [2.24, 2.45) is 0 Å². The number of ether oxygens (including phenoxy) is 12. The van der Waals surface area contributed by atoms with Crippen LogP contribution in [0.25, 0.3) is 0 Å². The summed E-state index contributed by atoms with van der Waals surface area (Å²) < 4.78 is 65.8. The number of imide groups is 2. The van der Waals surface area contributed by atoms with E-state index in [2.05, 4.69) is 10.6 Å². The summed E-state index contributed by atoms with van der Waals surface area (Å²) in [6.07, 6.45) is 0.385. The minimum Gasteiger partial charge on any atom is -0.382 e. The van der Waals surface area contributed by atoms with Gasteiger partial charge < -0.3 is 62.2 Å². The van der Waals surface area contributed by atoms with Crippen LogP contribution in [0.2, 0.25) is 0 Å². The zero-order valence-corrected chi connectivity index (χ0v) is 34.8. The number of rotatable bonds is 39. The van der Waals surface area contributed by atoms with Gasteiger partial charge in [0, 0.05) is 18.7 Å². The number of nitrogens with one attached hydrogen (secondary N) is 2. The molecule has 2 N–H and O–H groups in total. The van der Waals surface area contributed by atoms with E-state index in [-0.39, 0.29) is 30.1 Å². The predicted octanol–water partition coefficient (Wildman–Crippen LogP) is 1.11. The second-order valence-electron chi connectivity index (χ2n) is 13.3. The highest BCUT2D eigenvalue weighted by atomic mass is 16.6. The number of hydrogen-bond acceptors (Lipinski definition) is 17. The maximum Gasteiger partial charge on any atom is 0.264 e. The molecule has 2 heterocycles. The average molecular weight is 844 g/mol. The van der Waals surface area contributed by atoms with Crippen LogP contribution in [0.5, 0.6) is 0 Å². The summed E-state index contributed by atoms with van der Waals surface area (Å²) in [7, 11) is 0. The van der Waals surface area contributed by atoms with Gasteiger partial charge >= 0.3 is 0 Å². The lowest BCUT2D eigenvalue weighted by Crippen LogP contribution is -2.54. The standard InChI is InChI=1S/C40H65N3O16/c1-32(2)59-31-30-58-29-28-57-27-26-56-25-24-55-23-22-54-21-20-53-19-18-52-17-16-51-15-14-50-13-12-49-11-10-48-9-8-41-34-5-3-4-33-37(34)40(47)43(39(33)46)35-6-7-36(44)42-38(35)45/h3-5,32,35,41H,6-31H2,1-2H3,(H,42,44,45). The van der Waals surface area contributed by atoms with E-state index >= 15 is 0 Å². The van der Waals surface area contributed by atoms with Gasteiger partial charge in [0.05, 0.1) is 169 Å². The summed E-state index contributed by atoms with van der Waals surface area (Å²) in [6, 6.07) is 3.90. The first-order valence-electron chi connectivity index (χ1n) is 20.4. The Labute approximate surface area is 347 Å². The number of hydrogen-bond donors (Lipinski definition) is 2. The second-order valence-corrected chi connectivity index (χ2v) is 13.3. The third-order valence-electron chi connectivity index (χ3n) is 8.43. The molecule has 19 heteroatoms. The van der Waals surface area contributed by atoms with Gasteiger partial charge in [-0.05, 0) is 32.4 Å². The molecule has 1 fully saturated rings. The molecule has 19 nitrogen and oxygen atoms in total. The molecule has 0 aliphatic carbocycles. The van der Waals surface area contributed by atoms with E-state index in [9.17, 15) is 19.2 Å². The van der Waals surface area contributed by atoms with Crippen molar-refractivity contribution in [3.63, 3.8) is 0 Å². The van der Waals surface area contributed by atoms with Crippen molar-refractivity contribution in [1.82, 2.24) is 10.2 Å². The number of anilines is 1. The Kier molecular flexibility index (Phi) is 27.7. The van der Waals surface area contributed by atoms with Crippen LogP contribution >= 0.6 is 0 Å². The molecule has 2 aliphatic rings. The van der Waals surface area contributed by atoms with Crippen molar-refractivity contribution >= 4 is 29.3 Å². The van der Waals surface area contributed by atoms with Crippen LogP contribution < -0.4 is 10.6 Å². The summed E-state index contributed by atoms with van der Waals surface area (Å²) in [5, 5.41) is 5.33. The van der Waals surface area contributed by atoms with Gasteiger partial charge in [0.1, 0.15) is 6.04 Å². The quantitative estimate of drug-likeness (QED) is 0.0703. The van der Waals surface area contributed by atoms with E-state index in [1.165, 1.54) is 0 Å². The molecule has 4 amide bonds. The van der Waals surface area contributed by atoms with Gasteiger partial charge in [0.2, 0.25) is 11.8 Å². The molecule has 1 aromatic rings. The highest BCUT2D eigenvalue weighted by molar-refractivity contribution is 6.25. The van der Waals surface area contributed by atoms with E-state index in [0.29, 0.717) is 164 Å². The molecular formula is C40H65N3O16. The van der Waals surface area contributed by atoms with Gasteiger partial charge in [-0.1, -0.05) is 6.07 Å². The van der Waals surface area contributed by atoms with E-state index < -0.39 is 29.7 Å². The minimum absolute atomic E-state index is 0.0646. The first-order chi connectivity index (χ1) is 28.9. The molecule has 3 rings (SSSR count). The Balaban J connectivity index is 0.982. The van der Waals surface area contributed by atoms with Crippen LogP contribution in [0.1, 0.15) is 47.4 Å². The van der Waals surface area contributed by atoms with Crippen molar-refractivity contribution in [3.8, 4) is 0 Å². The summed E-state index contributed by atoms with van der Waals surface area (Å²) in [5.41, 5.74) is 0.904. The lowest BCUT2D eigenvalue weighted by atomic mass is 10.0. The van der Waals surface area contributed by atoms with Crippen LogP contribution in [0.3, 0.4) is 0 Å². The van der Waals surface area contributed by atoms with E-state index in [1.54, 1.807) is 18.2 Å². The lowest BCUT2D eigenvalue weighted by molar-refractivity contribution is -0.136. The van der Waals surface area contributed by atoms with Crippen LogP contribution in [0.4, 0.5) is 5.69 Å². The zero-order chi connectivity index (χ0) is 42.2. The molecule has 59 heavy (non-hydrogen) atoms. The number of piperidine rings is 1. The molecule has 2 aliphatic heterocycles. The molecule has 1 unspecified atom stereocenters. The number of benzene rings is 1. The van der Waals surface area contributed by atoms with Crippen LogP contribution in [0, 0.1) is 0 Å². The van der Waals surface area contributed by atoms with E-state index in [1.807, 2.05) is 13.8 Å². The molecule has 0 saturated carbocycles. The topological polar surface area (TPSA) is 206 Å². The molecule has 0 radical (unpaired) electrons. The summed E-state index contributed by atoms with van der Waals surface area (Å²) in [5.74, 6) is -2.17. The molecule has 1 aromatic carbocycles. The lowest BCUT2D eigenvalue weighted by Gasteiger charge is -2.27.